The van der Waals surface area contributed by atoms with Gasteiger partial charge in [0.2, 0.25) is 0 Å². The SMILES string of the molecule is CCOC(=O)CCN(Cc1cccc(C)c1)C(CC)C(=O)O. The second-order valence-electron chi connectivity index (χ2n) is 5.28. The summed E-state index contributed by atoms with van der Waals surface area (Å²) in [5, 5.41) is 9.39. The van der Waals surface area contributed by atoms with Crippen molar-refractivity contribution in [2.45, 2.75) is 46.2 Å². The molecule has 22 heavy (non-hydrogen) atoms. The summed E-state index contributed by atoms with van der Waals surface area (Å²) in [6.07, 6.45) is 0.688. The van der Waals surface area contributed by atoms with Crippen LogP contribution < -0.4 is 0 Å². The van der Waals surface area contributed by atoms with Crippen LogP contribution in [0.4, 0.5) is 0 Å². The Morgan fingerprint density at radius 3 is 2.59 bits per heavy atom. The van der Waals surface area contributed by atoms with Gasteiger partial charge >= 0.3 is 11.9 Å². The van der Waals surface area contributed by atoms with Crippen LogP contribution in [0.25, 0.3) is 0 Å². The third kappa shape index (κ3) is 5.85. The van der Waals surface area contributed by atoms with Crippen molar-refractivity contribution in [1.29, 1.82) is 0 Å². The van der Waals surface area contributed by atoms with Gasteiger partial charge in [-0.25, -0.2) is 0 Å². The summed E-state index contributed by atoms with van der Waals surface area (Å²) in [6, 6.07) is 7.36. The second-order valence-corrected chi connectivity index (χ2v) is 5.28. The van der Waals surface area contributed by atoms with Crippen molar-refractivity contribution in [3.63, 3.8) is 0 Å². The lowest BCUT2D eigenvalue weighted by Gasteiger charge is -2.28. The van der Waals surface area contributed by atoms with Crippen molar-refractivity contribution in [3.05, 3.63) is 35.4 Å². The smallest absolute Gasteiger partial charge is 0.320 e. The number of carboxylic acids is 1. The molecule has 0 radical (unpaired) electrons. The quantitative estimate of drug-likeness (QED) is 0.710. The van der Waals surface area contributed by atoms with Gasteiger partial charge in [0.1, 0.15) is 6.04 Å². The van der Waals surface area contributed by atoms with Gasteiger partial charge < -0.3 is 9.84 Å². The maximum Gasteiger partial charge on any atom is 0.320 e. The number of esters is 1. The van der Waals surface area contributed by atoms with Gasteiger partial charge in [0, 0.05) is 13.1 Å². The number of hydrogen-bond donors (Lipinski definition) is 1. The Labute approximate surface area is 131 Å². The van der Waals surface area contributed by atoms with Crippen molar-refractivity contribution >= 4 is 11.9 Å². The predicted octanol–water partition coefficient (Wildman–Crippen LogP) is 2.61. The van der Waals surface area contributed by atoms with Crippen LogP contribution in [0.3, 0.4) is 0 Å². The van der Waals surface area contributed by atoms with E-state index in [0.29, 0.717) is 26.1 Å². The Morgan fingerprint density at radius 1 is 1.32 bits per heavy atom. The fraction of sp³-hybridized carbons (Fsp3) is 0.529. The number of hydrogen-bond acceptors (Lipinski definition) is 4. The van der Waals surface area contributed by atoms with E-state index in [-0.39, 0.29) is 12.4 Å². The van der Waals surface area contributed by atoms with Crippen LogP contribution in [-0.2, 0) is 20.9 Å². The molecule has 0 aromatic heterocycles. The zero-order chi connectivity index (χ0) is 16.5. The van der Waals surface area contributed by atoms with Gasteiger partial charge in [-0.3, -0.25) is 14.5 Å². The molecule has 1 aromatic rings. The Kier molecular flexibility index (Phi) is 7.60. The highest BCUT2D eigenvalue weighted by Gasteiger charge is 2.24. The molecule has 0 heterocycles. The molecule has 0 aliphatic heterocycles. The van der Waals surface area contributed by atoms with E-state index in [4.69, 9.17) is 4.74 Å². The van der Waals surface area contributed by atoms with Crippen molar-refractivity contribution in [1.82, 2.24) is 4.90 Å². The first-order chi connectivity index (χ1) is 10.5. The summed E-state index contributed by atoms with van der Waals surface area (Å²) in [4.78, 5) is 24.8. The minimum Gasteiger partial charge on any atom is -0.480 e. The third-order valence-electron chi connectivity index (χ3n) is 3.49. The Balaban J connectivity index is 2.81. The Morgan fingerprint density at radius 2 is 2.05 bits per heavy atom. The molecular weight excluding hydrogens is 282 g/mol. The molecule has 0 saturated carbocycles. The summed E-state index contributed by atoms with van der Waals surface area (Å²) < 4.78 is 4.92. The molecule has 122 valence electrons. The molecule has 0 aliphatic carbocycles. The summed E-state index contributed by atoms with van der Waals surface area (Å²) in [6.45, 7) is 6.82. The lowest BCUT2D eigenvalue weighted by atomic mass is 10.1. The molecule has 0 fully saturated rings. The molecule has 0 aliphatic rings. The van der Waals surface area contributed by atoms with Gasteiger partial charge in [0.25, 0.3) is 0 Å². The number of ether oxygens (including phenoxy) is 1. The number of benzene rings is 1. The molecule has 0 amide bonds. The molecule has 0 bridgehead atoms. The topological polar surface area (TPSA) is 66.8 Å². The second kappa shape index (κ2) is 9.20. The third-order valence-corrected chi connectivity index (χ3v) is 3.49. The van der Waals surface area contributed by atoms with Crippen LogP contribution in [-0.4, -0.2) is 41.1 Å². The molecule has 0 saturated heterocycles. The first kappa shape index (κ1) is 18.2. The van der Waals surface area contributed by atoms with E-state index < -0.39 is 12.0 Å². The molecule has 1 atom stereocenters. The number of carboxylic acid groups (broad SMARTS) is 1. The largest absolute Gasteiger partial charge is 0.480 e. The van der Waals surface area contributed by atoms with Crippen molar-refractivity contribution in [3.8, 4) is 0 Å². The van der Waals surface area contributed by atoms with Crippen LogP contribution in [0.15, 0.2) is 24.3 Å². The minimum atomic E-state index is -0.862. The molecule has 1 N–H and O–H groups in total. The summed E-state index contributed by atoms with van der Waals surface area (Å²) in [7, 11) is 0. The fourth-order valence-electron chi connectivity index (χ4n) is 2.45. The molecular formula is C17H25NO4. The van der Waals surface area contributed by atoms with E-state index in [2.05, 4.69) is 0 Å². The molecule has 5 nitrogen and oxygen atoms in total. The number of nitrogens with zero attached hydrogens (tertiary/aromatic N) is 1. The average molecular weight is 307 g/mol. The highest BCUT2D eigenvalue weighted by atomic mass is 16.5. The summed E-state index contributed by atoms with van der Waals surface area (Å²) >= 11 is 0. The molecule has 1 unspecified atom stereocenters. The van der Waals surface area contributed by atoms with Crippen molar-refractivity contribution in [2.24, 2.45) is 0 Å². The Bertz CT molecular complexity index is 501. The van der Waals surface area contributed by atoms with Crippen LogP contribution in [0.2, 0.25) is 0 Å². The standard InChI is InChI=1S/C17H25NO4/c1-4-15(17(20)21)18(10-9-16(19)22-5-2)12-14-8-6-7-13(3)11-14/h6-8,11,15H,4-5,9-10,12H2,1-3H3,(H,20,21). The van der Waals surface area contributed by atoms with Gasteiger partial charge in [-0.2, -0.15) is 0 Å². The maximum atomic E-state index is 11.5. The van der Waals surface area contributed by atoms with Gasteiger partial charge in [-0.15, -0.1) is 0 Å². The molecule has 5 heteroatoms. The zero-order valence-corrected chi connectivity index (χ0v) is 13.5. The van der Waals surface area contributed by atoms with Gasteiger partial charge in [-0.1, -0.05) is 36.8 Å². The maximum absolute atomic E-state index is 11.5. The predicted molar refractivity (Wildman–Crippen MR) is 84.6 cm³/mol. The normalized spacial score (nSPS) is 12.2. The molecule has 1 rings (SSSR count). The lowest BCUT2D eigenvalue weighted by Crippen LogP contribution is -2.41. The number of aliphatic carboxylic acids is 1. The monoisotopic (exact) mass is 307 g/mol. The van der Waals surface area contributed by atoms with Crippen LogP contribution in [0.1, 0.15) is 37.8 Å². The van der Waals surface area contributed by atoms with Crippen LogP contribution in [0.5, 0.6) is 0 Å². The van der Waals surface area contributed by atoms with E-state index in [1.807, 2.05) is 43.0 Å². The fourth-order valence-corrected chi connectivity index (χ4v) is 2.45. The zero-order valence-electron chi connectivity index (χ0n) is 13.5. The summed E-state index contributed by atoms with van der Waals surface area (Å²) in [5.74, 6) is -1.16. The average Bonchev–Trinajstić information content (AvgIpc) is 2.45. The summed E-state index contributed by atoms with van der Waals surface area (Å²) in [5.41, 5.74) is 2.18. The highest BCUT2D eigenvalue weighted by molar-refractivity contribution is 5.73. The number of rotatable bonds is 9. The number of aryl methyl sites for hydroxylation is 1. The molecule has 0 spiro atoms. The van der Waals surface area contributed by atoms with E-state index in [0.717, 1.165) is 11.1 Å². The first-order valence-corrected chi connectivity index (χ1v) is 7.65. The minimum absolute atomic E-state index is 0.198. The molecule has 1 aromatic carbocycles. The van der Waals surface area contributed by atoms with Gasteiger partial charge in [0.15, 0.2) is 0 Å². The van der Waals surface area contributed by atoms with E-state index in [1.54, 1.807) is 6.92 Å². The first-order valence-electron chi connectivity index (χ1n) is 7.65. The number of carbonyl (C=O) groups excluding carboxylic acids is 1. The Hall–Kier alpha value is -1.88. The van der Waals surface area contributed by atoms with Crippen LogP contribution in [0, 0.1) is 6.92 Å². The van der Waals surface area contributed by atoms with Gasteiger partial charge in [0.05, 0.1) is 13.0 Å². The van der Waals surface area contributed by atoms with Crippen molar-refractivity contribution < 1.29 is 19.4 Å². The lowest BCUT2D eigenvalue weighted by molar-refractivity contribution is -0.147. The highest BCUT2D eigenvalue weighted by Crippen LogP contribution is 2.13. The van der Waals surface area contributed by atoms with E-state index in [9.17, 15) is 14.7 Å². The van der Waals surface area contributed by atoms with E-state index >= 15 is 0 Å². The number of carbonyl (C=O) groups is 2. The van der Waals surface area contributed by atoms with Crippen molar-refractivity contribution in [2.75, 3.05) is 13.2 Å². The van der Waals surface area contributed by atoms with Gasteiger partial charge in [-0.05, 0) is 25.8 Å². The van der Waals surface area contributed by atoms with Crippen LogP contribution >= 0.6 is 0 Å². The van der Waals surface area contributed by atoms with E-state index in [1.165, 1.54) is 0 Å².